The number of amides is 1. The molecule has 4 aromatic rings. The molecule has 0 unspecified atom stereocenters. The summed E-state index contributed by atoms with van der Waals surface area (Å²) in [6, 6.07) is 17.5. The lowest BCUT2D eigenvalue weighted by Gasteiger charge is -2.32. The normalized spacial score (nSPS) is 12.6. The molecule has 0 saturated carbocycles. The maximum atomic E-state index is 14.1. The lowest BCUT2D eigenvalue weighted by Crippen LogP contribution is -2.41. The Morgan fingerprint density at radius 1 is 1.05 bits per heavy atom. The van der Waals surface area contributed by atoms with Crippen LogP contribution >= 0.6 is 0 Å². The highest BCUT2D eigenvalue weighted by Gasteiger charge is 2.30. The van der Waals surface area contributed by atoms with Crippen molar-refractivity contribution in [2.24, 2.45) is 0 Å². The summed E-state index contributed by atoms with van der Waals surface area (Å²) in [4.78, 5) is 28.6. The zero-order chi connectivity index (χ0) is 30.9. The number of nitrogens with zero attached hydrogens (tertiary/aromatic N) is 3. The third-order valence-corrected chi connectivity index (χ3v) is 6.45. The minimum atomic E-state index is -0.698. The molecule has 0 aliphatic carbocycles. The summed E-state index contributed by atoms with van der Waals surface area (Å²) in [5.74, 6) is 1.15. The standard InChI is InChI=1S/C32H32FN5O5/c1-6-35-29-28(20(2)34)37(22-10-13-24(14-11-22)42-25-9-7-8-21(33)18-25)30(39)38(29)23-12-15-27-26(19-23)36(16-17-41-27)31(40)43-32(3,4)5/h6-15,18-19,34-35H,1,16-17H2,2-5H3. The number of ether oxygens (including phenoxy) is 3. The first-order chi connectivity index (χ1) is 20.5. The molecule has 11 heteroatoms. The molecule has 43 heavy (non-hydrogen) atoms. The number of carbonyl (C=O) groups is 1. The molecular weight excluding hydrogens is 553 g/mol. The van der Waals surface area contributed by atoms with E-state index in [1.165, 1.54) is 32.4 Å². The average Bonchev–Trinajstić information content (AvgIpc) is 3.24. The van der Waals surface area contributed by atoms with Crippen LogP contribution in [-0.4, -0.2) is 39.7 Å². The van der Waals surface area contributed by atoms with Crippen LogP contribution in [0.5, 0.6) is 17.2 Å². The summed E-state index contributed by atoms with van der Waals surface area (Å²) in [7, 11) is 0. The van der Waals surface area contributed by atoms with Crippen LogP contribution < -0.4 is 25.4 Å². The van der Waals surface area contributed by atoms with Gasteiger partial charge < -0.3 is 24.9 Å². The van der Waals surface area contributed by atoms with E-state index in [4.69, 9.17) is 19.6 Å². The highest BCUT2D eigenvalue weighted by atomic mass is 19.1. The second-order valence-electron chi connectivity index (χ2n) is 10.8. The number of benzene rings is 3. The van der Waals surface area contributed by atoms with Crippen molar-refractivity contribution in [2.75, 3.05) is 23.4 Å². The molecule has 0 spiro atoms. The van der Waals surface area contributed by atoms with E-state index in [0.29, 0.717) is 52.4 Å². The second kappa shape index (κ2) is 11.5. The second-order valence-corrected chi connectivity index (χ2v) is 10.8. The smallest absolute Gasteiger partial charge is 0.415 e. The number of hydrogen-bond donors (Lipinski definition) is 2. The maximum Gasteiger partial charge on any atom is 0.415 e. The van der Waals surface area contributed by atoms with Gasteiger partial charge in [-0.05, 0) is 88.5 Å². The van der Waals surface area contributed by atoms with Crippen LogP contribution in [-0.2, 0) is 4.74 Å². The van der Waals surface area contributed by atoms with Gasteiger partial charge in [0.2, 0.25) is 0 Å². The predicted octanol–water partition coefficient (Wildman–Crippen LogP) is 6.64. The SMILES string of the molecule is C=CNc1c(C(C)=N)n(-c2ccc(Oc3cccc(F)c3)cc2)c(=O)n1-c1ccc2c(c1)N(C(=O)OC(C)(C)C)CCO2. The van der Waals surface area contributed by atoms with E-state index < -0.39 is 23.2 Å². The Bertz CT molecular complexity index is 1770. The number of halogens is 1. The van der Waals surface area contributed by atoms with Crippen molar-refractivity contribution < 1.29 is 23.4 Å². The zero-order valence-electron chi connectivity index (χ0n) is 24.3. The van der Waals surface area contributed by atoms with E-state index in [1.54, 1.807) is 82.3 Å². The maximum absolute atomic E-state index is 14.1. The van der Waals surface area contributed by atoms with Gasteiger partial charge in [0.1, 0.15) is 46.8 Å². The zero-order valence-corrected chi connectivity index (χ0v) is 24.3. The summed E-state index contributed by atoms with van der Waals surface area (Å²) in [6.45, 7) is 11.3. The minimum Gasteiger partial charge on any atom is -0.490 e. The highest BCUT2D eigenvalue weighted by Crippen LogP contribution is 2.36. The van der Waals surface area contributed by atoms with Crippen LogP contribution in [0.3, 0.4) is 0 Å². The molecule has 1 aliphatic rings. The largest absolute Gasteiger partial charge is 0.490 e. The molecule has 0 radical (unpaired) electrons. The van der Waals surface area contributed by atoms with Crippen LogP contribution in [0.2, 0.25) is 0 Å². The molecule has 1 amide bonds. The number of nitrogens with one attached hydrogen (secondary N) is 2. The van der Waals surface area contributed by atoms with Gasteiger partial charge in [0.25, 0.3) is 0 Å². The lowest BCUT2D eigenvalue weighted by atomic mass is 10.2. The molecule has 222 valence electrons. The van der Waals surface area contributed by atoms with Gasteiger partial charge in [-0.15, -0.1) is 0 Å². The molecule has 5 rings (SSSR count). The van der Waals surface area contributed by atoms with Crippen LogP contribution in [0.25, 0.3) is 11.4 Å². The van der Waals surface area contributed by atoms with Crippen molar-refractivity contribution >= 4 is 23.3 Å². The minimum absolute atomic E-state index is 0.122. The molecular formula is C32H32FN5O5. The third-order valence-electron chi connectivity index (χ3n) is 6.45. The third kappa shape index (κ3) is 6.01. The number of hydrogen-bond acceptors (Lipinski definition) is 7. The fraction of sp³-hybridized carbons (Fsp3) is 0.219. The van der Waals surface area contributed by atoms with E-state index in [1.807, 2.05) is 0 Å². The van der Waals surface area contributed by atoms with E-state index in [0.717, 1.165) is 0 Å². The Labute approximate surface area is 248 Å². The molecule has 2 heterocycles. The summed E-state index contributed by atoms with van der Waals surface area (Å²) in [6.07, 6.45) is 0.895. The van der Waals surface area contributed by atoms with Crippen molar-refractivity contribution in [1.29, 1.82) is 5.41 Å². The summed E-state index contributed by atoms with van der Waals surface area (Å²) < 4.78 is 33.6. The van der Waals surface area contributed by atoms with E-state index in [-0.39, 0.29) is 12.3 Å². The van der Waals surface area contributed by atoms with Crippen molar-refractivity contribution in [3.05, 3.63) is 102 Å². The number of imidazole rings is 1. The molecule has 0 fully saturated rings. The number of carbonyl (C=O) groups excluding carboxylic acids is 1. The number of aromatic nitrogens is 2. The van der Waals surface area contributed by atoms with Crippen LogP contribution in [0, 0.1) is 11.2 Å². The molecule has 0 atom stereocenters. The van der Waals surface area contributed by atoms with Gasteiger partial charge in [-0.1, -0.05) is 12.6 Å². The summed E-state index contributed by atoms with van der Waals surface area (Å²) in [5, 5.41) is 11.6. The first-order valence-electron chi connectivity index (χ1n) is 13.6. The molecule has 10 nitrogen and oxygen atoms in total. The van der Waals surface area contributed by atoms with E-state index in [9.17, 15) is 14.0 Å². The highest BCUT2D eigenvalue weighted by molar-refractivity contribution is 6.00. The molecule has 2 N–H and O–H groups in total. The van der Waals surface area contributed by atoms with Crippen molar-refractivity contribution in [3.63, 3.8) is 0 Å². The van der Waals surface area contributed by atoms with Gasteiger partial charge in [-0.2, -0.15) is 0 Å². The van der Waals surface area contributed by atoms with Crippen LogP contribution in [0.1, 0.15) is 33.4 Å². The Morgan fingerprint density at radius 3 is 2.42 bits per heavy atom. The number of fused-ring (bicyclic) bond motifs is 1. The Kier molecular flexibility index (Phi) is 7.81. The Balaban J connectivity index is 1.60. The van der Waals surface area contributed by atoms with Crippen molar-refractivity contribution in [1.82, 2.24) is 9.13 Å². The van der Waals surface area contributed by atoms with Gasteiger partial charge >= 0.3 is 11.8 Å². The average molecular weight is 586 g/mol. The van der Waals surface area contributed by atoms with Gasteiger partial charge in [-0.25, -0.2) is 18.5 Å². The predicted molar refractivity (Wildman–Crippen MR) is 163 cm³/mol. The molecule has 3 aromatic carbocycles. The Hall–Kier alpha value is -5.32. The van der Waals surface area contributed by atoms with Gasteiger partial charge in [-0.3, -0.25) is 9.47 Å². The molecule has 0 saturated heterocycles. The monoisotopic (exact) mass is 585 g/mol. The first kappa shape index (κ1) is 29.2. The summed E-state index contributed by atoms with van der Waals surface area (Å²) in [5.41, 5.74) is 0.620. The first-order valence-corrected chi connectivity index (χ1v) is 13.6. The van der Waals surface area contributed by atoms with E-state index >= 15 is 0 Å². The Morgan fingerprint density at radius 2 is 1.77 bits per heavy atom. The van der Waals surface area contributed by atoms with E-state index in [2.05, 4.69) is 11.9 Å². The molecule has 1 aliphatic heterocycles. The van der Waals surface area contributed by atoms with Gasteiger partial charge in [0, 0.05) is 6.07 Å². The van der Waals surface area contributed by atoms with Crippen LogP contribution in [0.15, 0.2) is 84.3 Å². The fourth-order valence-electron chi connectivity index (χ4n) is 4.74. The fourth-order valence-corrected chi connectivity index (χ4v) is 4.74. The number of anilines is 2. The lowest BCUT2D eigenvalue weighted by molar-refractivity contribution is 0.0568. The quantitative estimate of drug-likeness (QED) is 0.235. The molecule has 1 aromatic heterocycles. The molecule has 0 bridgehead atoms. The van der Waals surface area contributed by atoms with Crippen molar-refractivity contribution in [3.8, 4) is 28.6 Å². The van der Waals surface area contributed by atoms with Crippen molar-refractivity contribution in [2.45, 2.75) is 33.3 Å². The summed E-state index contributed by atoms with van der Waals surface area (Å²) >= 11 is 0. The van der Waals surface area contributed by atoms with Gasteiger partial charge in [0.05, 0.1) is 29.3 Å². The number of rotatable bonds is 7. The van der Waals surface area contributed by atoms with Gasteiger partial charge in [0.15, 0.2) is 0 Å². The topological polar surface area (TPSA) is 111 Å². The van der Waals surface area contributed by atoms with Crippen LogP contribution in [0.4, 0.5) is 20.7 Å².